The summed E-state index contributed by atoms with van der Waals surface area (Å²) in [6.45, 7) is 4.67. The fourth-order valence-corrected chi connectivity index (χ4v) is 4.75. The minimum absolute atomic E-state index is 0.163. The number of nitrogens with two attached hydrogens (primary N) is 1. The Kier molecular flexibility index (Phi) is 4.67. The molecule has 21 heavy (non-hydrogen) atoms. The van der Waals surface area contributed by atoms with E-state index in [1.54, 1.807) is 19.1 Å². The fourth-order valence-electron chi connectivity index (χ4n) is 2.83. The molecule has 114 valence electrons. The van der Waals surface area contributed by atoms with Gasteiger partial charge >= 0.3 is 0 Å². The molecule has 2 rings (SSSR count). The SMILES string of the molecule is Cc1ccc(C#N)cc1S(=O)(=O)N1CCC(C)CC1CN. The molecule has 6 heteroatoms. The molecule has 5 nitrogen and oxygen atoms in total. The second-order valence-electron chi connectivity index (χ2n) is 5.73. The first-order chi connectivity index (χ1) is 9.90. The Hall–Kier alpha value is -1.42. The Balaban J connectivity index is 2.44. The largest absolute Gasteiger partial charge is 0.329 e. The number of nitriles is 1. The van der Waals surface area contributed by atoms with Gasteiger partial charge in [-0.2, -0.15) is 9.57 Å². The van der Waals surface area contributed by atoms with Gasteiger partial charge in [-0.1, -0.05) is 13.0 Å². The van der Waals surface area contributed by atoms with Gasteiger partial charge in [0.1, 0.15) is 0 Å². The van der Waals surface area contributed by atoms with Crippen molar-refractivity contribution in [1.82, 2.24) is 4.31 Å². The number of rotatable bonds is 3. The highest BCUT2D eigenvalue weighted by molar-refractivity contribution is 7.89. The van der Waals surface area contributed by atoms with Crippen molar-refractivity contribution < 1.29 is 8.42 Å². The van der Waals surface area contributed by atoms with E-state index in [2.05, 4.69) is 6.92 Å². The summed E-state index contributed by atoms with van der Waals surface area (Å²) in [5.41, 5.74) is 6.78. The number of hydrogen-bond donors (Lipinski definition) is 1. The van der Waals surface area contributed by atoms with Crippen LogP contribution in [0.5, 0.6) is 0 Å². The molecule has 1 aromatic rings. The third-order valence-corrected chi connectivity index (χ3v) is 6.19. The molecule has 1 aliphatic rings. The summed E-state index contributed by atoms with van der Waals surface area (Å²) in [4.78, 5) is 0.217. The van der Waals surface area contributed by atoms with Gasteiger partial charge in [-0.05, 0) is 43.4 Å². The summed E-state index contributed by atoms with van der Waals surface area (Å²) in [6, 6.07) is 6.59. The fraction of sp³-hybridized carbons (Fsp3) is 0.533. The van der Waals surface area contributed by atoms with E-state index < -0.39 is 10.0 Å². The number of benzene rings is 1. The molecule has 1 fully saturated rings. The second-order valence-corrected chi connectivity index (χ2v) is 7.59. The highest BCUT2D eigenvalue weighted by Crippen LogP contribution is 2.29. The van der Waals surface area contributed by atoms with Crippen LogP contribution in [0.1, 0.15) is 30.9 Å². The molecule has 2 atom stereocenters. The van der Waals surface area contributed by atoms with Crippen molar-refractivity contribution in [1.29, 1.82) is 5.26 Å². The summed E-state index contributed by atoms with van der Waals surface area (Å²) >= 11 is 0. The van der Waals surface area contributed by atoms with Crippen LogP contribution in [0.2, 0.25) is 0 Å². The summed E-state index contributed by atoms with van der Waals surface area (Å²) in [5, 5.41) is 8.98. The molecule has 2 N–H and O–H groups in total. The molecule has 1 heterocycles. The second kappa shape index (κ2) is 6.14. The van der Waals surface area contributed by atoms with Gasteiger partial charge in [0.2, 0.25) is 10.0 Å². The first-order valence-electron chi connectivity index (χ1n) is 7.12. The van der Waals surface area contributed by atoms with E-state index in [0.29, 0.717) is 30.1 Å². The predicted octanol–water partition coefficient (Wildman–Crippen LogP) is 1.61. The topological polar surface area (TPSA) is 87.2 Å². The van der Waals surface area contributed by atoms with Crippen molar-refractivity contribution in [2.24, 2.45) is 11.7 Å². The van der Waals surface area contributed by atoms with Crippen LogP contribution in [0.25, 0.3) is 0 Å². The monoisotopic (exact) mass is 307 g/mol. The maximum Gasteiger partial charge on any atom is 0.243 e. The smallest absolute Gasteiger partial charge is 0.243 e. The minimum Gasteiger partial charge on any atom is -0.329 e. The van der Waals surface area contributed by atoms with Gasteiger partial charge in [0.15, 0.2) is 0 Å². The lowest BCUT2D eigenvalue weighted by molar-refractivity contribution is 0.211. The van der Waals surface area contributed by atoms with E-state index in [4.69, 9.17) is 11.0 Å². The third-order valence-electron chi connectivity index (χ3n) is 4.10. The summed E-state index contributed by atoms with van der Waals surface area (Å²) in [6.07, 6.45) is 1.62. The van der Waals surface area contributed by atoms with E-state index >= 15 is 0 Å². The number of hydrogen-bond acceptors (Lipinski definition) is 4. The standard InChI is InChI=1S/C15H21N3O2S/c1-11-5-6-18(14(7-11)10-17)21(19,20)15-8-13(9-16)4-3-12(15)2/h3-4,8,11,14H,5-7,10,17H2,1-2H3. The van der Waals surface area contributed by atoms with Crippen molar-refractivity contribution >= 4 is 10.0 Å². The number of piperidine rings is 1. The van der Waals surface area contributed by atoms with Gasteiger partial charge in [-0.3, -0.25) is 0 Å². The van der Waals surface area contributed by atoms with Crippen LogP contribution < -0.4 is 5.73 Å². The maximum atomic E-state index is 12.9. The predicted molar refractivity (Wildman–Crippen MR) is 81.0 cm³/mol. The average Bonchev–Trinajstić information content (AvgIpc) is 2.47. The van der Waals surface area contributed by atoms with Crippen LogP contribution >= 0.6 is 0 Å². The van der Waals surface area contributed by atoms with Crippen LogP contribution in [-0.2, 0) is 10.0 Å². The Morgan fingerprint density at radius 1 is 1.48 bits per heavy atom. The highest BCUT2D eigenvalue weighted by Gasteiger charge is 2.35. The van der Waals surface area contributed by atoms with Crippen molar-refractivity contribution in [3.05, 3.63) is 29.3 Å². The van der Waals surface area contributed by atoms with Gasteiger partial charge in [0.05, 0.1) is 16.5 Å². The van der Waals surface area contributed by atoms with Gasteiger partial charge in [-0.25, -0.2) is 8.42 Å². The quantitative estimate of drug-likeness (QED) is 0.919. The number of nitrogens with zero attached hydrogens (tertiary/aromatic N) is 2. The zero-order chi connectivity index (χ0) is 15.6. The molecular formula is C15H21N3O2S. The first kappa shape index (κ1) is 16.0. The van der Waals surface area contributed by atoms with Crippen LogP contribution in [0.3, 0.4) is 0 Å². The lowest BCUT2D eigenvalue weighted by Gasteiger charge is -2.37. The van der Waals surface area contributed by atoms with E-state index in [9.17, 15) is 8.42 Å². The van der Waals surface area contributed by atoms with Crippen LogP contribution in [0.4, 0.5) is 0 Å². The van der Waals surface area contributed by atoms with E-state index in [1.165, 1.54) is 10.4 Å². The number of aryl methyl sites for hydroxylation is 1. The first-order valence-corrected chi connectivity index (χ1v) is 8.56. The van der Waals surface area contributed by atoms with Crippen LogP contribution in [0.15, 0.2) is 23.1 Å². The van der Waals surface area contributed by atoms with Gasteiger partial charge in [0, 0.05) is 19.1 Å². The molecule has 1 saturated heterocycles. The lowest BCUT2D eigenvalue weighted by atomic mass is 9.94. The molecule has 0 radical (unpaired) electrons. The molecule has 2 unspecified atom stereocenters. The molecular weight excluding hydrogens is 286 g/mol. The Morgan fingerprint density at radius 2 is 2.19 bits per heavy atom. The third kappa shape index (κ3) is 3.10. The van der Waals surface area contributed by atoms with Crippen molar-refractivity contribution in [2.45, 2.75) is 37.6 Å². The number of sulfonamides is 1. The Morgan fingerprint density at radius 3 is 2.81 bits per heavy atom. The molecule has 0 aromatic heterocycles. The zero-order valence-electron chi connectivity index (χ0n) is 12.4. The van der Waals surface area contributed by atoms with Crippen molar-refractivity contribution in [3.63, 3.8) is 0 Å². The molecule has 1 aromatic carbocycles. The summed E-state index contributed by atoms with van der Waals surface area (Å²) in [7, 11) is -3.61. The Labute approximate surface area is 126 Å². The van der Waals surface area contributed by atoms with Crippen LogP contribution in [0, 0.1) is 24.2 Å². The van der Waals surface area contributed by atoms with Gasteiger partial charge in [-0.15, -0.1) is 0 Å². The lowest BCUT2D eigenvalue weighted by Crippen LogP contribution is -2.49. The normalized spacial score (nSPS) is 23.7. The minimum atomic E-state index is -3.61. The molecule has 0 bridgehead atoms. The summed E-state index contributed by atoms with van der Waals surface area (Å²) < 4.78 is 27.3. The van der Waals surface area contributed by atoms with Crippen molar-refractivity contribution in [2.75, 3.05) is 13.1 Å². The molecule has 1 aliphatic heterocycles. The molecule has 0 spiro atoms. The van der Waals surface area contributed by atoms with Gasteiger partial charge < -0.3 is 5.73 Å². The van der Waals surface area contributed by atoms with Gasteiger partial charge in [0.25, 0.3) is 0 Å². The summed E-state index contributed by atoms with van der Waals surface area (Å²) in [5.74, 6) is 0.483. The maximum absolute atomic E-state index is 12.9. The van der Waals surface area contributed by atoms with Crippen molar-refractivity contribution in [3.8, 4) is 6.07 Å². The Bertz CT molecular complexity index is 664. The average molecular weight is 307 g/mol. The van der Waals surface area contributed by atoms with Crippen LogP contribution in [-0.4, -0.2) is 31.9 Å². The molecule has 0 amide bonds. The van der Waals surface area contributed by atoms with E-state index in [0.717, 1.165) is 12.8 Å². The highest BCUT2D eigenvalue weighted by atomic mass is 32.2. The van der Waals surface area contributed by atoms with E-state index in [-0.39, 0.29) is 10.9 Å². The molecule has 0 aliphatic carbocycles. The van der Waals surface area contributed by atoms with E-state index in [1.807, 2.05) is 6.07 Å². The zero-order valence-corrected chi connectivity index (χ0v) is 13.2. The molecule has 0 saturated carbocycles.